The van der Waals surface area contributed by atoms with Gasteiger partial charge in [0, 0.05) is 0 Å². The first-order chi connectivity index (χ1) is 3.25. The molecule has 0 saturated heterocycles. The van der Waals surface area contributed by atoms with E-state index < -0.39 is 18.0 Å². The summed E-state index contributed by atoms with van der Waals surface area (Å²) in [5.41, 5.74) is 0. The summed E-state index contributed by atoms with van der Waals surface area (Å²) in [6.07, 6.45) is 0. The summed E-state index contributed by atoms with van der Waals surface area (Å²) in [7, 11) is 0. The van der Waals surface area contributed by atoms with E-state index in [9.17, 15) is 20.8 Å². The zero-order valence-corrected chi connectivity index (χ0v) is 5.15. The van der Waals surface area contributed by atoms with Crippen LogP contribution in [0.25, 0.3) is 0 Å². The fourth-order valence-electron chi connectivity index (χ4n) is 0. The summed E-state index contributed by atoms with van der Waals surface area (Å²) in [5, 5.41) is -5.24. The van der Waals surface area contributed by atoms with Crippen molar-refractivity contribution < 1.29 is 20.8 Å². The third-order valence-corrected chi connectivity index (χ3v) is 1.68. The molecule has 0 amide bonds. The zero-order valence-electron chi connectivity index (χ0n) is 3.44. The van der Waals surface area contributed by atoms with E-state index in [1.54, 1.807) is 0 Å². The van der Waals surface area contributed by atoms with E-state index in [4.69, 9.17) is 0 Å². The fourth-order valence-corrected chi connectivity index (χ4v) is 0. The number of hydrogen-bond donors (Lipinski definition) is 1. The number of alkyl halides is 3. The predicted octanol–water partition coefficient (Wildman–Crippen LogP) is -0.153. The molecule has 3 nitrogen and oxygen atoms in total. The Morgan fingerprint density at radius 2 is 1.38 bits per heavy atom. The predicted molar refractivity (Wildman–Crippen MR) is 17.4 cm³/mol. The van der Waals surface area contributed by atoms with Crippen molar-refractivity contribution in [2.75, 3.05) is 0 Å². The van der Waals surface area contributed by atoms with Crippen LogP contribution in [0.4, 0.5) is 13.2 Å². The van der Waals surface area contributed by atoms with Gasteiger partial charge in [0.05, 0.1) is 0 Å². The van der Waals surface area contributed by atoms with E-state index in [0.717, 1.165) is 0 Å². The number of hydrogen-bond acceptors (Lipinski definition) is 2. The van der Waals surface area contributed by atoms with Crippen LogP contribution in [0.15, 0.2) is 0 Å². The second-order valence-corrected chi connectivity index (χ2v) is 4.25. The molecule has 0 atom stereocenters. The van der Waals surface area contributed by atoms with Gasteiger partial charge in [0.1, 0.15) is 0 Å². The molecular weight excluding hydrogens is 194 g/mol. The van der Waals surface area contributed by atoms with E-state index in [-0.39, 0.29) is 0 Å². The van der Waals surface area contributed by atoms with Crippen molar-refractivity contribution in [2.45, 2.75) is 5.07 Å². The van der Waals surface area contributed by atoms with Crippen molar-refractivity contribution in [1.29, 1.82) is 0 Å². The van der Waals surface area contributed by atoms with Crippen molar-refractivity contribution in [3.63, 3.8) is 0 Å². The van der Waals surface area contributed by atoms with Crippen LogP contribution in [0.5, 0.6) is 0 Å². The van der Waals surface area contributed by atoms with Gasteiger partial charge in [0.2, 0.25) is 0 Å². The van der Waals surface area contributed by atoms with E-state index in [0.29, 0.717) is 0 Å². The minimum atomic E-state index is -6.02. The van der Waals surface area contributed by atoms with Crippen LogP contribution < -0.4 is 4.75 Å². The van der Waals surface area contributed by atoms with Gasteiger partial charge in [-0.25, -0.2) is 0 Å². The second kappa shape index (κ2) is 1.68. The first kappa shape index (κ1) is 7.87. The third-order valence-electron chi connectivity index (χ3n) is 0.323. The molecule has 0 heterocycles. The van der Waals surface area contributed by atoms with Gasteiger partial charge in [-0.1, -0.05) is 0 Å². The molecule has 0 aliphatic carbocycles. The Balaban J connectivity index is 4.53. The Hall–Kier alpha value is -0.131. The molecule has 0 aromatic carbocycles. The Labute approximate surface area is 44.5 Å². The zero-order chi connectivity index (χ0) is 7.00. The van der Waals surface area contributed by atoms with Crippen molar-refractivity contribution in [3.05, 3.63) is 0 Å². The fraction of sp³-hybridized carbons (Fsp3) is 1.00. The molecule has 7 heteroatoms. The molecule has 0 radical (unpaired) electrons. The van der Waals surface area contributed by atoms with Crippen molar-refractivity contribution in [1.82, 2.24) is 0 Å². The summed E-state index contributed by atoms with van der Waals surface area (Å²) in [6, 6.07) is 0. The molecule has 0 saturated carbocycles. The Morgan fingerprint density at radius 3 is 1.38 bits per heavy atom. The molecule has 0 bridgehead atoms. The molecule has 0 aromatic rings. The van der Waals surface area contributed by atoms with Crippen molar-refractivity contribution in [3.8, 4) is 0 Å². The topological polar surface area (TPSA) is 60.2 Å². The monoisotopic (exact) mass is 197 g/mol. The maximum absolute atomic E-state index is 10.9. The number of halogens is 3. The average molecular weight is 196 g/mol. The van der Waals surface area contributed by atoms with E-state index >= 15 is 0 Å². The van der Waals surface area contributed by atoms with E-state index in [1.165, 1.54) is 0 Å². The quantitative estimate of drug-likeness (QED) is 0.548. The summed E-state index contributed by atoms with van der Waals surface area (Å²) in [5.74, 6) is 0. The minimum absolute atomic E-state index is 3.73. The molecule has 8 heavy (non-hydrogen) atoms. The number of rotatable bonds is 0. The van der Waals surface area contributed by atoms with Gasteiger partial charge in [0.15, 0.2) is 0 Å². The molecule has 2 N–H and O–H groups in total. The van der Waals surface area contributed by atoms with E-state index in [2.05, 4.69) is 4.75 Å². The van der Waals surface area contributed by atoms with Gasteiger partial charge < -0.3 is 0 Å². The van der Waals surface area contributed by atoms with Crippen LogP contribution in [-0.2, 0) is 7.67 Å². The van der Waals surface area contributed by atoms with Crippen LogP contribution in [0.3, 0.4) is 0 Å². The van der Waals surface area contributed by atoms with Crippen LogP contribution >= 0.6 is 0 Å². The van der Waals surface area contributed by atoms with Crippen LogP contribution in [0.2, 0.25) is 0 Å². The van der Waals surface area contributed by atoms with Crippen LogP contribution in [0, 0.1) is 0 Å². The molecule has 0 rings (SSSR count). The molecule has 0 aliphatic heterocycles. The molecule has 0 spiro atoms. The summed E-state index contributed by atoms with van der Waals surface area (Å²) in [6.45, 7) is 0. The SMILES string of the molecule is N[Se](=O)(=O)C(F)(F)F. The molecular formula is CH2F3NO2Se. The molecule has 0 fully saturated rings. The molecule has 0 aliphatic rings. The average Bonchev–Trinajstić information content (AvgIpc) is 1.25. The standard InChI is InChI=1S/CH2F3NO2Se/c2-1(3,4)8(5,6)7/h(H2,5,6,7). The molecule has 50 valence electrons. The number of nitrogens with two attached hydrogens (primary N) is 1. The van der Waals surface area contributed by atoms with E-state index in [1.807, 2.05) is 0 Å². The Kier molecular flexibility index (Phi) is 1.65. The van der Waals surface area contributed by atoms with Crippen molar-refractivity contribution >= 4 is 12.9 Å². The normalized spacial score (nSPS) is 14.0. The van der Waals surface area contributed by atoms with Crippen molar-refractivity contribution in [2.24, 2.45) is 4.75 Å². The van der Waals surface area contributed by atoms with Gasteiger partial charge in [0.25, 0.3) is 0 Å². The van der Waals surface area contributed by atoms with Crippen LogP contribution in [-0.4, -0.2) is 18.0 Å². The van der Waals surface area contributed by atoms with Gasteiger partial charge in [-0.3, -0.25) is 0 Å². The first-order valence-electron chi connectivity index (χ1n) is 1.34. The van der Waals surface area contributed by atoms with Gasteiger partial charge in [-0.05, 0) is 0 Å². The third kappa shape index (κ3) is 1.77. The molecule has 0 aromatic heterocycles. The van der Waals surface area contributed by atoms with Gasteiger partial charge in [-0.15, -0.1) is 0 Å². The summed E-state index contributed by atoms with van der Waals surface area (Å²) in [4.78, 5) is 0. The molecule has 0 unspecified atom stereocenters. The maximum atomic E-state index is 10.9. The Bertz CT molecular complexity index is 166. The Morgan fingerprint density at radius 1 is 1.25 bits per heavy atom. The summed E-state index contributed by atoms with van der Waals surface area (Å²) >= 11 is -6.02. The summed E-state index contributed by atoms with van der Waals surface area (Å²) < 4.78 is 55.1. The first-order valence-corrected chi connectivity index (χ1v) is 4.58. The van der Waals surface area contributed by atoms with Gasteiger partial charge >= 0.3 is 43.6 Å². The van der Waals surface area contributed by atoms with Gasteiger partial charge in [-0.2, -0.15) is 0 Å². The second-order valence-electron chi connectivity index (χ2n) is 0.991. The van der Waals surface area contributed by atoms with Crippen LogP contribution in [0.1, 0.15) is 0 Å².